The van der Waals surface area contributed by atoms with Crippen molar-refractivity contribution >= 4 is 29.2 Å². The van der Waals surface area contributed by atoms with Crippen LogP contribution in [-0.4, -0.2) is 47.9 Å². The fraction of sp³-hybridized carbons (Fsp3) is 0.211. The second kappa shape index (κ2) is 10.7. The highest BCUT2D eigenvalue weighted by molar-refractivity contribution is 5.95. The minimum absolute atomic E-state index is 0.140. The number of aliphatic hydroxyl groups excluding tert-OH is 1. The molecule has 0 aromatic heterocycles. The van der Waals surface area contributed by atoms with Gasteiger partial charge in [0.05, 0.1) is 19.6 Å². The highest BCUT2D eigenvalue weighted by atomic mass is 16.5. The smallest absolute Gasteiger partial charge is 0.338 e. The monoisotopic (exact) mass is 386 g/mol. The number of benzene rings is 2. The van der Waals surface area contributed by atoms with E-state index >= 15 is 0 Å². The van der Waals surface area contributed by atoms with Crippen molar-refractivity contribution in [1.82, 2.24) is 10.8 Å². The van der Waals surface area contributed by atoms with Crippen LogP contribution in [-0.2, 0) is 16.0 Å². The van der Waals surface area contributed by atoms with E-state index in [1.165, 1.54) is 10.4 Å². The van der Waals surface area contributed by atoms with Crippen molar-refractivity contribution in [2.45, 2.75) is 6.42 Å². The van der Waals surface area contributed by atoms with E-state index in [1.807, 2.05) is 18.2 Å². The van der Waals surface area contributed by atoms with Crippen LogP contribution in [0.3, 0.4) is 0 Å². The van der Waals surface area contributed by atoms with Gasteiger partial charge in [0.15, 0.2) is 0 Å². The molecule has 2 aromatic rings. The Labute approximate surface area is 161 Å². The largest absolute Gasteiger partial charge is 0.395 e. The number of rotatable bonds is 8. The molecule has 0 atom stereocenters. The summed E-state index contributed by atoms with van der Waals surface area (Å²) < 4.78 is 0. The number of hydroxylamine groups is 1. The highest BCUT2D eigenvalue weighted by Gasteiger charge is 2.15. The molecule has 148 valence electrons. The van der Waals surface area contributed by atoms with Crippen LogP contribution in [0.4, 0.5) is 16.2 Å². The van der Waals surface area contributed by atoms with E-state index in [1.54, 1.807) is 36.4 Å². The summed E-state index contributed by atoms with van der Waals surface area (Å²) >= 11 is 0. The SMILES string of the molecule is O=C(CNC(=O)NO)Nc1ccc(CC(=O)N(CCO)c2ccccc2)cc1. The molecule has 0 unspecified atom stereocenters. The molecule has 4 amide bonds. The predicted molar refractivity (Wildman–Crippen MR) is 103 cm³/mol. The number of nitrogens with one attached hydrogen (secondary N) is 3. The Balaban J connectivity index is 1.94. The predicted octanol–water partition coefficient (Wildman–Crippen LogP) is 0.882. The van der Waals surface area contributed by atoms with Gasteiger partial charge in [0.2, 0.25) is 11.8 Å². The molecule has 0 spiro atoms. The molecule has 0 aliphatic rings. The van der Waals surface area contributed by atoms with Crippen LogP contribution >= 0.6 is 0 Å². The van der Waals surface area contributed by atoms with Crippen LogP contribution in [0.2, 0.25) is 0 Å². The van der Waals surface area contributed by atoms with Gasteiger partial charge in [-0.15, -0.1) is 0 Å². The third-order valence-corrected chi connectivity index (χ3v) is 3.80. The molecule has 0 aliphatic heterocycles. The standard InChI is InChI=1S/C19H22N4O5/c24-11-10-23(16-4-2-1-3-5-16)18(26)12-14-6-8-15(9-7-14)21-17(25)13-20-19(27)22-28/h1-9,24,28H,10-13H2,(H,21,25)(H2,20,22,27). The lowest BCUT2D eigenvalue weighted by atomic mass is 10.1. The van der Waals surface area contributed by atoms with Crippen LogP contribution in [0.5, 0.6) is 0 Å². The van der Waals surface area contributed by atoms with Gasteiger partial charge in [0.1, 0.15) is 0 Å². The summed E-state index contributed by atoms with van der Waals surface area (Å²) in [7, 11) is 0. The maximum atomic E-state index is 12.6. The van der Waals surface area contributed by atoms with E-state index in [2.05, 4.69) is 10.6 Å². The molecule has 28 heavy (non-hydrogen) atoms. The summed E-state index contributed by atoms with van der Waals surface area (Å²) in [4.78, 5) is 36.7. The Morgan fingerprint density at radius 1 is 0.964 bits per heavy atom. The first-order chi connectivity index (χ1) is 13.5. The minimum atomic E-state index is -0.880. The molecular formula is C19H22N4O5. The van der Waals surface area contributed by atoms with Crippen LogP contribution in [0.15, 0.2) is 54.6 Å². The van der Waals surface area contributed by atoms with E-state index in [9.17, 15) is 19.5 Å². The lowest BCUT2D eigenvalue weighted by molar-refractivity contribution is -0.118. The lowest BCUT2D eigenvalue weighted by Crippen LogP contribution is -2.38. The van der Waals surface area contributed by atoms with Crippen molar-refractivity contribution in [2.75, 3.05) is 29.9 Å². The molecule has 0 saturated carbocycles. The molecule has 0 saturated heterocycles. The minimum Gasteiger partial charge on any atom is -0.395 e. The number of para-hydroxylation sites is 1. The summed E-state index contributed by atoms with van der Waals surface area (Å²) in [5.41, 5.74) is 3.32. The summed E-state index contributed by atoms with van der Waals surface area (Å²) in [6.45, 7) is -0.251. The first kappa shape index (κ1) is 20.9. The third-order valence-electron chi connectivity index (χ3n) is 3.80. The zero-order chi connectivity index (χ0) is 20.4. The maximum Gasteiger partial charge on any atom is 0.338 e. The Morgan fingerprint density at radius 2 is 1.64 bits per heavy atom. The summed E-state index contributed by atoms with van der Waals surface area (Å²) in [6.07, 6.45) is 0.140. The molecule has 0 radical (unpaired) electrons. The number of carbonyl (C=O) groups excluding carboxylic acids is 3. The fourth-order valence-electron chi connectivity index (χ4n) is 2.49. The second-order valence-electron chi connectivity index (χ2n) is 5.82. The van der Waals surface area contributed by atoms with E-state index in [0.717, 1.165) is 5.56 Å². The van der Waals surface area contributed by atoms with E-state index < -0.39 is 11.9 Å². The molecule has 2 rings (SSSR count). The Bertz CT molecular complexity index is 796. The topological polar surface area (TPSA) is 131 Å². The Hall–Kier alpha value is -3.43. The van der Waals surface area contributed by atoms with E-state index in [-0.39, 0.29) is 32.0 Å². The van der Waals surface area contributed by atoms with Crippen LogP contribution in [0.1, 0.15) is 5.56 Å². The van der Waals surface area contributed by atoms with Crippen molar-refractivity contribution in [1.29, 1.82) is 0 Å². The molecule has 5 N–H and O–H groups in total. The second-order valence-corrected chi connectivity index (χ2v) is 5.82. The number of nitrogens with zero attached hydrogens (tertiary/aromatic N) is 1. The van der Waals surface area contributed by atoms with Gasteiger partial charge >= 0.3 is 6.03 Å². The first-order valence-corrected chi connectivity index (χ1v) is 8.56. The average Bonchev–Trinajstić information content (AvgIpc) is 2.72. The van der Waals surface area contributed by atoms with Crippen molar-refractivity contribution < 1.29 is 24.7 Å². The van der Waals surface area contributed by atoms with Crippen LogP contribution in [0.25, 0.3) is 0 Å². The number of hydrogen-bond acceptors (Lipinski definition) is 5. The van der Waals surface area contributed by atoms with Crippen molar-refractivity contribution in [2.24, 2.45) is 0 Å². The van der Waals surface area contributed by atoms with Gasteiger partial charge in [0.25, 0.3) is 0 Å². The molecule has 0 fully saturated rings. The van der Waals surface area contributed by atoms with Crippen LogP contribution < -0.4 is 21.0 Å². The highest BCUT2D eigenvalue weighted by Crippen LogP contribution is 2.16. The van der Waals surface area contributed by atoms with E-state index in [0.29, 0.717) is 11.4 Å². The average molecular weight is 386 g/mol. The zero-order valence-electron chi connectivity index (χ0n) is 15.1. The number of amides is 4. The summed E-state index contributed by atoms with van der Waals surface area (Å²) in [5, 5.41) is 22.3. The normalized spacial score (nSPS) is 10.1. The number of anilines is 2. The maximum absolute atomic E-state index is 12.6. The van der Waals surface area contributed by atoms with Gasteiger partial charge in [-0.3, -0.25) is 14.8 Å². The Morgan fingerprint density at radius 3 is 2.25 bits per heavy atom. The lowest BCUT2D eigenvalue weighted by Gasteiger charge is -2.22. The number of urea groups is 1. The van der Waals surface area contributed by atoms with Gasteiger partial charge in [-0.2, -0.15) is 0 Å². The van der Waals surface area contributed by atoms with Crippen LogP contribution in [0, 0.1) is 0 Å². The zero-order valence-corrected chi connectivity index (χ0v) is 15.1. The van der Waals surface area contributed by atoms with Gasteiger partial charge in [-0.05, 0) is 29.8 Å². The number of hydrogen-bond donors (Lipinski definition) is 5. The molecule has 9 nitrogen and oxygen atoms in total. The molecule has 0 heterocycles. The molecular weight excluding hydrogens is 364 g/mol. The fourth-order valence-corrected chi connectivity index (χ4v) is 2.49. The first-order valence-electron chi connectivity index (χ1n) is 8.56. The van der Waals surface area contributed by atoms with Gasteiger partial charge < -0.3 is 20.6 Å². The number of aliphatic hydroxyl groups is 1. The molecule has 0 bridgehead atoms. The third kappa shape index (κ3) is 6.38. The van der Waals surface area contributed by atoms with Crippen molar-refractivity contribution in [3.05, 3.63) is 60.2 Å². The molecule has 2 aromatic carbocycles. The number of carbonyl (C=O) groups is 3. The molecule has 0 aliphatic carbocycles. The van der Waals surface area contributed by atoms with E-state index in [4.69, 9.17) is 5.21 Å². The van der Waals surface area contributed by atoms with Crippen molar-refractivity contribution in [3.63, 3.8) is 0 Å². The van der Waals surface area contributed by atoms with Gasteiger partial charge in [-0.1, -0.05) is 30.3 Å². The van der Waals surface area contributed by atoms with Gasteiger partial charge in [0, 0.05) is 17.9 Å². The van der Waals surface area contributed by atoms with Crippen molar-refractivity contribution in [3.8, 4) is 0 Å². The summed E-state index contributed by atoms with van der Waals surface area (Å²) in [5.74, 6) is -0.623. The summed E-state index contributed by atoms with van der Waals surface area (Å²) in [6, 6.07) is 14.9. The quantitative estimate of drug-likeness (QED) is 0.340. The van der Waals surface area contributed by atoms with Gasteiger partial charge in [-0.25, -0.2) is 10.3 Å². The Kier molecular flexibility index (Phi) is 7.94. The molecule has 9 heteroatoms.